The first-order valence-electron chi connectivity index (χ1n) is 4.61. The molecule has 0 aliphatic heterocycles. The predicted molar refractivity (Wildman–Crippen MR) is 61.3 cm³/mol. The van der Waals surface area contributed by atoms with E-state index in [1.165, 1.54) is 0 Å². The maximum Gasteiger partial charge on any atom is 0.166 e. The van der Waals surface area contributed by atoms with E-state index in [-0.39, 0.29) is 0 Å². The highest BCUT2D eigenvalue weighted by molar-refractivity contribution is 7.80. The molecule has 0 unspecified atom stereocenters. The van der Waals surface area contributed by atoms with Crippen LogP contribution < -0.4 is 10.6 Å². The van der Waals surface area contributed by atoms with Gasteiger partial charge in [-0.3, -0.25) is 9.97 Å². The molecule has 1 rings (SSSR count). The Bertz CT molecular complexity index is 293. The van der Waals surface area contributed by atoms with Gasteiger partial charge in [0.25, 0.3) is 0 Å². The van der Waals surface area contributed by atoms with E-state index in [1.807, 2.05) is 0 Å². The maximum absolute atomic E-state index is 5.36. The third-order valence-electron chi connectivity index (χ3n) is 1.63. The molecule has 5 nitrogen and oxygen atoms in total. The maximum atomic E-state index is 5.36. The first-order chi connectivity index (χ1) is 7.33. The molecular formula is C9H14N4OS. The minimum absolute atomic E-state index is 0.474. The van der Waals surface area contributed by atoms with E-state index in [4.69, 9.17) is 17.0 Å². The molecule has 0 saturated heterocycles. The van der Waals surface area contributed by atoms with Crippen molar-refractivity contribution in [2.45, 2.75) is 6.61 Å². The Morgan fingerprint density at radius 3 is 3.07 bits per heavy atom. The topological polar surface area (TPSA) is 59.1 Å². The lowest BCUT2D eigenvalue weighted by Gasteiger charge is -2.07. The molecule has 1 heterocycles. The largest absolute Gasteiger partial charge is 0.373 e. The Labute approximate surface area is 94.3 Å². The van der Waals surface area contributed by atoms with Crippen molar-refractivity contribution in [1.29, 1.82) is 0 Å². The second kappa shape index (κ2) is 7.08. The molecule has 0 amide bonds. The number of hydrogen-bond acceptors (Lipinski definition) is 4. The number of thiocarbonyl (C=S) groups is 1. The Morgan fingerprint density at radius 1 is 1.53 bits per heavy atom. The number of nitrogens with one attached hydrogen (secondary N) is 2. The summed E-state index contributed by atoms with van der Waals surface area (Å²) in [4.78, 5) is 8.02. The van der Waals surface area contributed by atoms with Crippen molar-refractivity contribution in [2.24, 2.45) is 0 Å². The van der Waals surface area contributed by atoms with Crippen LogP contribution >= 0.6 is 12.2 Å². The molecule has 0 bridgehead atoms. The molecule has 1 aromatic heterocycles. The van der Waals surface area contributed by atoms with Gasteiger partial charge in [0.1, 0.15) is 0 Å². The van der Waals surface area contributed by atoms with Gasteiger partial charge >= 0.3 is 0 Å². The molecule has 6 heteroatoms. The first kappa shape index (κ1) is 11.8. The molecule has 82 valence electrons. The van der Waals surface area contributed by atoms with Crippen LogP contribution in [-0.2, 0) is 11.3 Å². The Kier molecular flexibility index (Phi) is 5.57. The third-order valence-corrected chi connectivity index (χ3v) is 1.97. The summed E-state index contributed by atoms with van der Waals surface area (Å²) in [6, 6.07) is 0. The van der Waals surface area contributed by atoms with Crippen LogP contribution in [0.25, 0.3) is 0 Å². The number of ether oxygens (including phenoxy) is 1. The average molecular weight is 226 g/mol. The van der Waals surface area contributed by atoms with Crippen molar-refractivity contribution < 1.29 is 4.74 Å². The fraction of sp³-hybridized carbons (Fsp3) is 0.444. The lowest BCUT2D eigenvalue weighted by molar-refractivity contribution is 0.122. The van der Waals surface area contributed by atoms with Gasteiger partial charge < -0.3 is 15.4 Å². The lowest BCUT2D eigenvalue weighted by atomic mass is 10.5. The number of nitrogens with zero attached hydrogens (tertiary/aromatic N) is 2. The van der Waals surface area contributed by atoms with Gasteiger partial charge in [0.05, 0.1) is 25.1 Å². The monoisotopic (exact) mass is 226 g/mol. The average Bonchev–Trinajstić information content (AvgIpc) is 2.29. The minimum atomic E-state index is 0.474. The van der Waals surface area contributed by atoms with Gasteiger partial charge in [-0.2, -0.15) is 0 Å². The van der Waals surface area contributed by atoms with Gasteiger partial charge in [0, 0.05) is 26.0 Å². The summed E-state index contributed by atoms with van der Waals surface area (Å²) < 4.78 is 5.36. The van der Waals surface area contributed by atoms with Crippen molar-refractivity contribution in [2.75, 3.05) is 20.2 Å². The zero-order valence-corrected chi connectivity index (χ0v) is 9.38. The Hall–Kier alpha value is -1.27. The van der Waals surface area contributed by atoms with Crippen LogP contribution in [0.2, 0.25) is 0 Å². The lowest BCUT2D eigenvalue weighted by Crippen LogP contribution is -2.34. The molecule has 0 aromatic carbocycles. The second-order valence-electron chi connectivity index (χ2n) is 2.76. The van der Waals surface area contributed by atoms with Gasteiger partial charge in [0.15, 0.2) is 5.11 Å². The van der Waals surface area contributed by atoms with Gasteiger partial charge in [-0.25, -0.2) is 0 Å². The van der Waals surface area contributed by atoms with Crippen LogP contribution in [0.3, 0.4) is 0 Å². The highest BCUT2D eigenvalue weighted by Crippen LogP contribution is 1.92. The number of hydrogen-bond donors (Lipinski definition) is 2. The molecule has 1 aromatic rings. The van der Waals surface area contributed by atoms with Crippen molar-refractivity contribution >= 4 is 17.3 Å². The van der Waals surface area contributed by atoms with Crippen molar-refractivity contribution in [3.05, 3.63) is 24.3 Å². The zero-order valence-electron chi connectivity index (χ0n) is 8.56. The minimum Gasteiger partial charge on any atom is -0.373 e. The molecule has 0 radical (unpaired) electrons. The Balaban J connectivity index is 2.05. The first-order valence-corrected chi connectivity index (χ1v) is 5.02. The van der Waals surface area contributed by atoms with Gasteiger partial charge in [-0.1, -0.05) is 0 Å². The summed E-state index contributed by atoms with van der Waals surface area (Å²) in [5.74, 6) is 0. The standard InChI is InChI=1S/C9H14N4OS/c1-10-9(15)13-4-5-14-7-8-6-11-2-3-12-8/h2-3,6H,4-5,7H2,1H3,(H2,10,13,15). The number of rotatable bonds is 5. The predicted octanol–water partition coefficient (Wildman–Crippen LogP) is 0.0871. The molecule has 0 atom stereocenters. The molecule has 0 fully saturated rings. The normalized spacial score (nSPS) is 9.67. The molecule has 0 aliphatic carbocycles. The highest BCUT2D eigenvalue weighted by Gasteiger charge is 1.94. The quantitative estimate of drug-likeness (QED) is 0.548. The second-order valence-corrected chi connectivity index (χ2v) is 3.16. The van der Waals surface area contributed by atoms with E-state index in [0.717, 1.165) is 5.69 Å². The third kappa shape index (κ3) is 5.24. The highest BCUT2D eigenvalue weighted by atomic mass is 32.1. The van der Waals surface area contributed by atoms with E-state index in [1.54, 1.807) is 25.6 Å². The van der Waals surface area contributed by atoms with E-state index in [2.05, 4.69) is 20.6 Å². The van der Waals surface area contributed by atoms with E-state index >= 15 is 0 Å². The summed E-state index contributed by atoms with van der Waals surface area (Å²) in [6.45, 7) is 1.74. The molecular weight excluding hydrogens is 212 g/mol. The summed E-state index contributed by atoms with van der Waals surface area (Å²) in [5, 5.41) is 6.42. The Morgan fingerprint density at radius 2 is 2.40 bits per heavy atom. The van der Waals surface area contributed by atoms with Crippen molar-refractivity contribution in [3.8, 4) is 0 Å². The summed E-state index contributed by atoms with van der Waals surface area (Å²) in [7, 11) is 1.77. The molecule has 0 aliphatic rings. The van der Waals surface area contributed by atoms with E-state index < -0.39 is 0 Å². The van der Waals surface area contributed by atoms with Crippen LogP contribution in [0.1, 0.15) is 5.69 Å². The van der Waals surface area contributed by atoms with Crippen LogP contribution in [0.5, 0.6) is 0 Å². The van der Waals surface area contributed by atoms with Gasteiger partial charge in [-0.15, -0.1) is 0 Å². The number of aromatic nitrogens is 2. The summed E-state index contributed by atoms with van der Waals surface area (Å²) >= 11 is 4.90. The molecule has 0 saturated carbocycles. The van der Waals surface area contributed by atoms with Crippen LogP contribution in [-0.4, -0.2) is 35.3 Å². The SMILES string of the molecule is CNC(=S)NCCOCc1cnccn1. The van der Waals surface area contributed by atoms with Crippen LogP contribution in [0.15, 0.2) is 18.6 Å². The fourth-order valence-corrected chi connectivity index (χ4v) is 1.01. The molecule has 15 heavy (non-hydrogen) atoms. The van der Waals surface area contributed by atoms with E-state index in [0.29, 0.717) is 24.9 Å². The zero-order chi connectivity index (χ0) is 10.9. The fourth-order valence-electron chi connectivity index (χ4n) is 0.906. The van der Waals surface area contributed by atoms with Crippen LogP contribution in [0.4, 0.5) is 0 Å². The van der Waals surface area contributed by atoms with Crippen molar-refractivity contribution in [1.82, 2.24) is 20.6 Å². The molecule has 2 N–H and O–H groups in total. The smallest absolute Gasteiger partial charge is 0.166 e. The van der Waals surface area contributed by atoms with Crippen molar-refractivity contribution in [3.63, 3.8) is 0 Å². The van der Waals surface area contributed by atoms with Crippen LogP contribution in [0, 0.1) is 0 Å². The molecule has 0 spiro atoms. The van der Waals surface area contributed by atoms with Gasteiger partial charge in [-0.05, 0) is 12.2 Å². The van der Waals surface area contributed by atoms with E-state index in [9.17, 15) is 0 Å². The summed E-state index contributed by atoms with van der Waals surface area (Å²) in [5.41, 5.74) is 0.827. The summed E-state index contributed by atoms with van der Waals surface area (Å²) in [6.07, 6.45) is 4.97. The van der Waals surface area contributed by atoms with Gasteiger partial charge in [0.2, 0.25) is 0 Å².